The molecule has 5 heteroatoms. The Hall–Kier alpha value is -1.52. The van der Waals surface area contributed by atoms with Gasteiger partial charge in [-0.2, -0.15) is 0 Å². The minimum absolute atomic E-state index is 0.202. The van der Waals surface area contributed by atoms with Crippen molar-refractivity contribution in [1.29, 1.82) is 0 Å². The summed E-state index contributed by atoms with van der Waals surface area (Å²) in [6.07, 6.45) is 0. The van der Waals surface area contributed by atoms with Crippen molar-refractivity contribution in [2.45, 2.75) is 13.8 Å². The molecule has 96 valence electrons. The summed E-state index contributed by atoms with van der Waals surface area (Å²) in [5, 5.41) is 2.45. The normalized spacial score (nSPS) is 11.2. The number of thiophene rings is 1. The quantitative estimate of drug-likeness (QED) is 0.604. The highest BCUT2D eigenvalue weighted by Gasteiger charge is 2.13. The van der Waals surface area contributed by atoms with E-state index >= 15 is 0 Å². The van der Waals surface area contributed by atoms with Crippen LogP contribution in [0, 0.1) is 19.7 Å². The van der Waals surface area contributed by atoms with Crippen molar-refractivity contribution < 1.29 is 4.39 Å². The van der Waals surface area contributed by atoms with Gasteiger partial charge in [-0.3, -0.25) is 0 Å². The van der Waals surface area contributed by atoms with Gasteiger partial charge in [-0.05, 0) is 37.1 Å². The molecule has 3 aromatic rings. The van der Waals surface area contributed by atoms with Crippen molar-refractivity contribution in [3.05, 3.63) is 45.9 Å². The van der Waals surface area contributed by atoms with Crippen molar-refractivity contribution in [3.8, 4) is 11.1 Å². The number of aryl methyl sites for hydroxylation is 2. The van der Waals surface area contributed by atoms with Crippen LogP contribution in [0.4, 0.5) is 4.39 Å². The molecule has 0 unspecified atom stereocenters. The Morgan fingerprint density at radius 1 is 1.21 bits per heavy atom. The number of hydrogen-bond acceptors (Lipinski definition) is 3. The van der Waals surface area contributed by atoms with Crippen LogP contribution in [0.3, 0.4) is 0 Å². The first kappa shape index (κ1) is 12.5. The van der Waals surface area contributed by atoms with Gasteiger partial charge in [-0.15, -0.1) is 11.3 Å². The van der Waals surface area contributed by atoms with E-state index in [1.165, 1.54) is 17.4 Å². The molecule has 0 atom stereocenters. The standard InChI is InChI=1S/C14H10ClFN2S/c1-7-5-9(3-4-11(7)16)10-6-19-13-12(10)17-8(2)18-14(13)15/h3-6H,1-2H3. The second-order valence-corrected chi connectivity index (χ2v) is 5.59. The van der Waals surface area contributed by atoms with Gasteiger partial charge in [0.25, 0.3) is 0 Å². The van der Waals surface area contributed by atoms with Gasteiger partial charge in [0.05, 0.1) is 10.2 Å². The fourth-order valence-electron chi connectivity index (χ4n) is 2.01. The predicted octanol–water partition coefficient (Wildman–Crippen LogP) is 4.77. The van der Waals surface area contributed by atoms with Gasteiger partial charge < -0.3 is 0 Å². The first-order valence-corrected chi connectivity index (χ1v) is 7.00. The molecule has 0 amide bonds. The maximum atomic E-state index is 13.3. The molecule has 0 fully saturated rings. The summed E-state index contributed by atoms with van der Waals surface area (Å²) < 4.78 is 14.2. The highest BCUT2D eigenvalue weighted by Crippen LogP contribution is 2.36. The Labute approximate surface area is 118 Å². The van der Waals surface area contributed by atoms with E-state index in [-0.39, 0.29) is 5.82 Å². The molecule has 3 rings (SSSR count). The SMILES string of the molecule is Cc1nc(Cl)c2scc(-c3ccc(F)c(C)c3)c2n1. The third-order valence-electron chi connectivity index (χ3n) is 2.95. The monoisotopic (exact) mass is 292 g/mol. The third kappa shape index (κ3) is 2.11. The minimum atomic E-state index is -0.202. The van der Waals surface area contributed by atoms with Crippen molar-refractivity contribution in [2.24, 2.45) is 0 Å². The molecule has 0 radical (unpaired) electrons. The van der Waals surface area contributed by atoms with Gasteiger partial charge in [0.1, 0.15) is 11.6 Å². The lowest BCUT2D eigenvalue weighted by Crippen LogP contribution is -1.89. The van der Waals surface area contributed by atoms with Crippen molar-refractivity contribution in [1.82, 2.24) is 9.97 Å². The lowest BCUT2D eigenvalue weighted by Gasteiger charge is -2.03. The van der Waals surface area contributed by atoms with Crippen LogP contribution in [0.2, 0.25) is 5.15 Å². The maximum absolute atomic E-state index is 13.3. The number of nitrogens with zero attached hydrogens (tertiary/aromatic N) is 2. The Balaban J connectivity index is 2.28. The summed E-state index contributed by atoms with van der Waals surface area (Å²) in [5.41, 5.74) is 3.36. The van der Waals surface area contributed by atoms with Gasteiger partial charge in [-0.25, -0.2) is 14.4 Å². The van der Waals surface area contributed by atoms with Crippen molar-refractivity contribution in [2.75, 3.05) is 0 Å². The van der Waals surface area contributed by atoms with E-state index < -0.39 is 0 Å². The Bertz CT molecular complexity index is 782. The van der Waals surface area contributed by atoms with E-state index in [4.69, 9.17) is 11.6 Å². The average molecular weight is 293 g/mol. The smallest absolute Gasteiger partial charge is 0.150 e. The number of aromatic nitrogens is 2. The minimum Gasteiger partial charge on any atom is -0.232 e. The summed E-state index contributed by atoms with van der Waals surface area (Å²) in [6, 6.07) is 5.06. The summed E-state index contributed by atoms with van der Waals surface area (Å²) in [7, 11) is 0. The highest BCUT2D eigenvalue weighted by molar-refractivity contribution is 7.18. The first-order chi connectivity index (χ1) is 9.06. The molecule has 0 aliphatic heterocycles. The van der Waals surface area contributed by atoms with Crippen LogP contribution < -0.4 is 0 Å². The molecule has 0 saturated carbocycles. The number of halogens is 2. The molecule has 0 saturated heterocycles. The van der Waals surface area contributed by atoms with E-state index in [1.807, 2.05) is 18.4 Å². The Morgan fingerprint density at radius 2 is 2.00 bits per heavy atom. The van der Waals surface area contributed by atoms with Crippen molar-refractivity contribution >= 4 is 33.2 Å². The van der Waals surface area contributed by atoms with Gasteiger partial charge in [-0.1, -0.05) is 17.7 Å². The van der Waals surface area contributed by atoms with Gasteiger partial charge in [0.15, 0.2) is 5.15 Å². The molecule has 2 nitrogen and oxygen atoms in total. The molecule has 1 aromatic carbocycles. The van der Waals surface area contributed by atoms with Crippen LogP contribution in [0.15, 0.2) is 23.6 Å². The molecule has 0 bridgehead atoms. The molecule has 2 heterocycles. The van der Waals surface area contributed by atoms with Crippen LogP contribution in [-0.2, 0) is 0 Å². The number of hydrogen-bond donors (Lipinski definition) is 0. The summed E-state index contributed by atoms with van der Waals surface area (Å²) in [4.78, 5) is 8.59. The van der Waals surface area contributed by atoms with Crippen molar-refractivity contribution in [3.63, 3.8) is 0 Å². The molecular weight excluding hydrogens is 283 g/mol. The summed E-state index contributed by atoms with van der Waals surface area (Å²) in [6.45, 7) is 3.56. The molecular formula is C14H10ClFN2S. The Morgan fingerprint density at radius 3 is 2.74 bits per heavy atom. The van der Waals surface area contributed by atoms with Crippen LogP contribution in [0.25, 0.3) is 21.3 Å². The van der Waals surface area contributed by atoms with Gasteiger partial charge >= 0.3 is 0 Å². The van der Waals surface area contributed by atoms with E-state index in [2.05, 4.69) is 9.97 Å². The van der Waals surface area contributed by atoms with Gasteiger partial charge in [0, 0.05) is 10.9 Å². The zero-order valence-electron chi connectivity index (χ0n) is 10.4. The van der Waals surface area contributed by atoms with E-state index in [9.17, 15) is 4.39 Å². The topological polar surface area (TPSA) is 25.8 Å². The molecule has 0 N–H and O–H groups in total. The zero-order valence-corrected chi connectivity index (χ0v) is 11.9. The average Bonchev–Trinajstić information content (AvgIpc) is 2.76. The fourth-order valence-corrected chi connectivity index (χ4v) is 3.24. The van der Waals surface area contributed by atoms with Gasteiger partial charge in [0.2, 0.25) is 0 Å². The lowest BCUT2D eigenvalue weighted by molar-refractivity contribution is 0.619. The largest absolute Gasteiger partial charge is 0.232 e. The summed E-state index contributed by atoms with van der Waals surface area (Å²) >= 11 is 7.62. The highest BCUT2D eigenvalue weighted by atomic mass is 35.5. The zero-order chi connectivity index (χ0) is 13.6. The van der Waals surface area contributed by atoms with E-state index in [1.54, 1.807) is 13.0 Å². The number of fused-ring (bicyclic) bond motifs is 1. The van der Waals surface area contributed by atoms with E-state index in [0.717, 1.165) is 21.3 Å². The Kier molecular flexibility index (Phi) is 2.99. The molecule has 0 spiro atoms. The number of rotatable bonds is 1. The predicted molar refractivity (Wildman–Crippen MR) is 77.3 cm³/mol. The second kappa shape index (κ2) is 4.54. The molecule has 0 aliphatic rings. The van der Waals surface area contributed by atoms with E-state index in [0.29, 0.717) is 16.5 Å². The molecule has 0 aliphatic carbocycles. The fraction of sp³-hybridized carbons (Fsp3) is 0.143. The second-order valence-electron chi connectivity index (χ2n) is 4.35. The molecule has 2 aromatic heterocycles. The van der Waals surface area contributed by atoms with Crippen LogP contribution in [-0.4, -0.2) is 9.97 Å². The lowest BCUT2D eigenvalue weighted by atomic mass is 10.1. The maximum Gasteiger partial charge on any atom is 0.150 e. The first-order valence-electron chi connectivity index (χ1n) is 5.74. The van der Waals surface area contributed by atoms with Crippen LogP contribution >= 0.6 is 22.9 Å². The molecule has 19 heavy (non-hydrogen) atoms. The van der Waals surface area contributed by atoms with Crippen LogP contribution in [0.1, 0.15) is 11.4 Å². The summed E-state index contributed by atoms with van der Waals surface area (Å²) in [5.74, 6) is 0.433. The number of benzene rings is 1. The van der Waals surface area contributed by atoms with Crippen LogP contribution in [0.5, 0.6) is 0 Å². The third-order valence-corrected chi connectivity index (χ3v) is 4.32.